The highest BCUT2D eigenvalue weighted by Crippen LogP contribution is 2.38. The van der Waals surface area contributed by atoms with Gasteiger partial charge in [0.15, 0.2) is 5.03 Å². The Balaban J connectivity index is 1.71. The summed E-state index contributed by atoms with van der Waals surface area (Å²) in [5, 5.41) is -0.221. The fraction of sp³-hybridized carbons (Fsp3) is 0.273. The fourth-order valence-corrected chi connectivity index (χ4v) is 4.62. The van der Waals surface area contributed by atoms with Gasteiger partial charge in [0.25, 0.3) is 10.0 Å². The van der Waals surface area contributed by atoms with Crippen molar-refractivity contribution in [3.63, 3.8) is 0 Å². The molecule has 3 heterocycles. The maximum absolute atomic E-state index is 13.6. The van der Waals surface area contributed by atoms with Crippen LogP contribution in [0.15, 0.2) is 59.6 Å². The predicted molar refractivity (Wildman–Crippen MR) is 116 cm³/mol. The van der Waals surface area contributed by atoms with Crippen molar-refractivity contribution >= 4 is 21.7 Å². The molecule has 0 bridgehead atoms. The number of anilines is 2. The van der Waals surface area contributed by atoms with E-state index in [1.807, 2.05) is 4.90 Å². The van der Waals surface area contributed by atoms with Crippen molar-refractivity contribution in [1.29, 1.82) is 0 Å². The molecular formula is C22H21F3N4O2S. The number of aromatic nitrogens is 2. The Kier molecular flexibility index (Phi) is 5.81. The van der Waals surface area contributed by atoms with Crippen molar-refractivity contribution in [1.82, 2.24) is 9.97 Å². The van der Waals surface area contributed by atoms with Crippen LogP contribution in [0.3, 0.4) is 0 Å². The number of alkyl halides is 3. The smallest absolute Gasteiger partial charge is 0.357 e. The number of hydrogen-bond donors (Lipinski definition) is 1. The average Bonchev–Trinajstić information content (AvgIpc) is 3.28. The molecule has 1 fully saturated rings. The predicted octanol–water partition coefficient (Wildman–Crippen LogP) is 4.87. The minimum absolute atomic E-state index is 0.218. The number of sulfonamides is 1. The summed E-state index contributed by atoms with van der Waals surface area (Å²) in [5.74, 6) is 0.330. The van der Waals surface area contributed by atoms with E-state index in [1.165, 1.54) is 12.1 Å². The molecule has 0 amide bonds. The number of nitrogens with one attached hydrogen (secondary N) is 1. The SMILES string of the molecule is Cc1ccccc1-c1nc(NS(=O)(=O)c2cccc(N3CCCC3)n2)ccc1C(F)(F)F. The fourth-order valence-electron chi connectivity index (χ4n) is 3.65. The quantitative estimate of drug-likeness (QED) is 0.586. The zero-order valence-corrected chi connectivity index (χ0v) is 18.0. The third kappa shape index (κ3) is 4.55. The average molecular weight is 462 g/mol. The van der Waals surface area contributed by atoms with E-state index in [0.29, 0.717) is 11.4 Å². The van der Waals surface area contributed by atoms with E-state index < -0.39 is 21.8 Å². The third-order valence-electron chi connectivity index (χ3n) is 5.25. The lowest BCUT2D eigenvalue weighted by molar-refractivity contribution is -0.137. The molecule has 1 aliphatic heterocycles. The first kappa shape index (κ1) is 22.1. The van der Waals surface area contributed by atoms with Crippen LogP contribution in [0, 0.1) is 6.92 Å². The molecule has 0 saturated carbocycles. The molecule has 1 N–H and O–H groups in total. The maximum atomic E-state index is 13.6. The summed E-state index contributed by atoms with van der Waals surface area (Å²) in [6, 6.07) is 13.0. The van der Waals surface area contributed by atoms with Gasteiger partial charge in [-0.3, -0.25) is 4.72 Å². The number of benzene rings is 1. The van der Waals surface area contributed by atoms with E-state index in [2.05, 4.69) is 14.7 Å². The second-order valence-electron chi connectivity index (χ2n) is 7.54. The second-order valence-corrected chi connectivity index (χ2v) is 9.17. The Hall–Kier alpha value is -3.14. The topological polar surface area (TPSA) is 75.2 Å². The van der Waals surface area contributed by atoms with Gasteiger partial charge < -0.3 is 4.90 Å². The summed E-state index contributed by atoms with van der Waals surface area (Å²) in [5.41, 5.74) is -0.418. The van der Waals surface area contributed by atoms with Crippen LogP contribution < -0.4 is 9.62 Å². The van der Waals surface area contributed by atoms with Crippen molar-refractivity contribution < 1.29 is 21.6 Å². The maximum Gasteiger partial charge on any atom is 0.418 e. The normalized spacial score (nSPS) is 14.6. The van der Waals surface area contributed by atoms with E-state index in [1.54, 1.807) is 37.3 Å². The van der Waals surface area contributed by atoms with E-state index in [4.69, 9.17) is 0 Å². The first-order valence-corrected chi connectivity index (χ1v) is 11.5. The van der Waals surface area contributed by atoms with Crippen molar-refractivity contribution in [2.75, 3.05) is 22.7 Å². The van der Waals surface area contributed by atoms with Gasteiger partial charge in [0.2, 0.25) is 0 Å². The van der Waals surface area contributed by atoms with Crippen molar-refractivity contribution in [2.24, 2.45) is 0 Å². The van der Waals surface area contributed by atoms with Gasteiger partial charge >= 0.3 is 6.18 Å². The van der Waals surface area contributed by atoms with Gasteiger partial charge in [-0.2, -0.15) is 21.6 Å². The summed E-state index contributed by atoms with van der Waals surface area (Å²) in [6.07, 6.45) is -2.63. The third-order valence-corrected chi connectivity index (χ3v) is 6.51. The number of pyridine rings is 2. The lowest BCUT2D eigenvalue weighted by atomic mass is 10.0. The minimum Gasteiger partial charge on any atom is -0.357 e. The zero-order valence-electron chi connectivity index (χ0n) is 17.2. The van der Waals surface area contributed by atoms with Gasteiger partial charge in [0.05, 0.1) is 11.3 Å². The molecule has 168 valence electrons. The molecule has 0 unspecified atom stereocenters. The van der Waals surface area contributed by atoms with Crippen LogP contribution in [0.5, 0.6) is 0 Å². The molecule has 0 spiro atoms. The zero-order chi connectivity index (χ0) is 22.9. The van der Waals surface area contributed by atoms with Gasteiger partial charge in [-0.1, -0.05) is 30.3 Å². The number of nitrogens with zero attached hydrogens (tertiary/aromatic N) is 3. The van der Waals surface area contributed by atoms with Crippen LogP contribution in [0.4, 0.5) is 24.8 Å². The van der Waals surface area contributed by atoms with Crippen LogP contribution in [0.2, 0.25) is 0 Å². The summed E-state index contributed by atoms with van der Waals surface area (Å²) in [6.45, 7) is 3.26. The van der Waals surface area contributed by atoms with Crippen molar-refractivity contribution in [3.8, 4) is 11.3 Å². The molecule has 32 heavy (non-hydrogen) atoms. The molecule has 0 atom stereocenters. The molecular weight excluding hydrogens is 441 g/mol. The molecule has 1 aliphatic rings. The van der Waals surface area contributed by atoms with Gasteiger partial charge in [0.1, 0.15) is 11.6 Å². The molecule has 0 radical (unpaired) electrons. The van der Waals surface area contributed by atoms with E-state index in [9.17, 15) is 21.6 Å². The number of halogens is 3. The molecule has 3 aromatic rings. The first-order chi connectivity index (χ1) is 15.1. The van der Waals surface area contributed by atoms with Crippen LogP contribution in [-0.2, 0) is 16.2 Å². The minimum atomic E-state index is -4.65. The van der Waals surface area contributed by atoms with Crippen LogP contribution in [0.1, 0.15) is 24.0 Å². The summed E-state index contributed by atoms with van der Waals surface area (Å²) in [4.78, 5) is 10.3. The molecule has 4 rings (SSSR count). The monoisotopic (exact) mass is 462 g/mol. The molecule has 1 saturated heterocycles. The Bertz CT molecular complexity index is 1240. The van der Waals surface area contributed by atoms with Crippen LogP contribution in [0.25, 0.3) is 11.3 Å². The lowest BCUT2D eigenvalue weighted by Crippen LogP contribution is -2.21. The van der Waals surface area contributed by atoms with Crippen LogP contribution in [-0.4, -0.2) is 31.5 Å². The first-order valence-electron chi connectivity index (χ1n) is 10.0. The van der Waals surface area contributed by atoms with Crippen LogP contribution >= 0.6 is 0 Å². The summed E-state index contributed by atoms with van der Waals surface area (Å²) in [7, 11) is -4.15. The van der Waals surface area contributed by atoms with Crippen molar-refractivity contribution in [3.05, 3.63) is 65.7 Å². The standard InChI is InChI=1S/C22H21F3N4O2S/c1-15-7-2-3-8-16(15)21-17(22(23,24)25)11-12-18(26-21)28-32(30,31)20-10-6-9-19(27-20)29-13-4-5-14-29/h2-3,6-12H,4-5,13-14H2,1H3,(H,26,28). The highest BCUT2D eigenvalue weighted by atomic mass is 32.2. The van der Waals surface area contributed by atoms with E-state index in [-0.39, 0.29) is 22.1 Å². The molecule has 10 heteroatoms. The number of aryl methyl sites for hydroxylation is 1. The molecule has 0 aliphatic carbocycles. The number of rotatable bonds is 5. The number of hydrogen-bond acceptors (Lipinski definition) is 5. The van der Waals surface area contributed by atoms with Gasteiger partial charge in [-0.15, -0.1) is 0 Å². The Morgan fingerprint density at radius 1 is 0.938 bits per heavy atom. The summed E-state index contributed by atoms with van der Waals surface area (Å²) < 4.78 is 68.9. The highest BCUT2D eigenvalue weighted by molar-refractivity contribution is 7.92. The lowest BCUT2D eigenvalue weighted by Gasteiger charge is -2.18. The molecule has 1 aromatic carbocycles. The van der Waals surface area contributed by atoms with Gasteiger partial charge in [-0.25, -0.2) is 9.97 Å². The van der Waals surface area contributed by atoms with Gasteiger partial charge in [0, 0.05) is 18.7 Å². The van der Waals surface area contributed by atoms with Gasteiger partial charge in [-0.05, 0) is 49.6 Å². The molecule has 2 aromatic heterocycles. The van der Waals surface area contributed by atoms with E-state index in [0.717, 1.165) is 38.1 Å². The largest absolute Gasteiger partial charge is 0.418 e. The highest BCUT2D eigenvalue weighted by Gasteiger charge is 2.35. The van der Waals surface area contributed by atoms with E-state index >= 15 is 0 Å². The molecule has 6 nitrogen and oxygen atoms in total. The Morgan fingerprint density at radius 2 is 1.66 bits per heavy atom. The Labute approximate surface area is 184 Å². The summed E-state index contributed by atoms with van der Waals surface area (Å²) >= 11 is 0. The Morgan fingerprint density at radius 3 is 2.34 bits per heavy atom. The second kappa shape index (κ2) is 8.42. The van der Waals surface area contributed by atoms with Crippen molar-refractivity contribution in [2.45, 2.75) is 31.0 Å².